The van der Waals surface area contributed by atoms with Crippen LogP contribution in [0.5, 0.6) is 0 Å². The van der Waals surface area contributed by atoms with Gasteiger partial charge in [0.15, 0.2) is 35.4 Å². The minimum absolute atomic E-state index is 0.293. The van der Waals surface area contributed by atoms with Gasteiger partial charge in [-0.2, -0.15) is 0 Å². The van der Waals surface area contributed by atoms with E-state index >= 15 is 0 Å². The van der Waals surface area contributed by atoms with Crippen LogP contribution in [0.15, 0.2) is 0 Å². The molecule has 2 fully saturated rings. The number of nitrogens with one attached hydrogen (secondary N) is 1. The monoisotopic (exact) mass is 568 g/mol. The van der Waals surface area contributed by atoms with E-state index in [1.54, 1.807) is 0 Å². The Kier molecular flexibility index (Phi) is 10.7. The maximum absolute atomic E-state index is 12.1. The largest absolute Gasteiger partial charge is 0.463 e. The van der Waals surface area contributed by atoms with Gasteiger partial charge >= 0.3 is 23.9 Å². The van der Waals surface area contributed by atoms with E-state index in [0.29, 0.717) is 0 Å². The number of aliphatic hydroxyl groups is 5. The molecule has 2 aliphatic rings. The van der Waals surface area contributed by atoms with Gasteiger partial charge in [-0.1, -0.05) is 0 Å². The zero-order valence-corrected chi connectivity index (χ0v) is 21.8. The minimum Gasteiger partial charge on any atom is -0.463 e. The van der Waals surface area contributed by atoms with Crippen molar-refractivity contribution in [3.8, 4) is 0 Å². The number of esters is 4. The number of nitrogens with zero attached hydrogens (tertiary/aromatic N) is 1. The molecule has 0 unspecified atom stereocenters. The fourth-order valence-corrected chi connectivity index (χ4v) is 4.47. The third kappa shape index (κ3) is 7.04. The molecule has 0 aromatic rings. The second-order valence-electron chi connectivity index (χ2n) is 8.68. The molecule has 6 N–H and O–H groups in total. The van der Waals surface area contributed by atoms with Crippen molar-refractivity contribution in [2.45, 2.75) is 82.4 Å². The van der Waals surface area contributed by atoms with Crippen LogP contribution in [0.1, 0.15) is 27.7 Å². The van der Waals surface area contributed by atoms with Crippen molar-refractivity contribution in [2.75, 3.05) is 19.8 Å². The third-order valence-corrected chi connectivity index (χ3v) is 6.08. The van der Waals surface area contributed by atoms with Crippen LogP contribution in [0.25, 0.3) is 0 Å². The lowest BCUT2D eigenvalue weighted by Crippen LogP contribution is -2.72. The first-order valence-electron chi connectivity index (χ1n) is 11.4. The van der Waals surface area contributed by atoms with E-state index in [1.807, 2.05) is 0 Å². The Bertz CT molecular complexity index is 920. The number of hydrogen-bond donors (Lipinski definition) is 6. The van der Waals surface area contributed by atoms with Crippen LogP contribution in [0.3, 0.4) is 0 Å². The summed E-state index contributed by atoms with van der Waals surface area (Å²) in [6, 6.07) is 0. The average Bonchev–Trinajstić information content (AvgIpc) is 3.13. The number of aliphatic hydroxyl groups excluding tert-OH is 4. The Morgan fingerprint density at radius 3 is 2.03 bits per heavy atom. The van der Waals surface area contributed by atoms with Crippen LogP contribution in [0.2, 0.25) is 0 Å². The van der Waals surface area contributed by atoms with Crippen LogP contribution in [-0.2, 0) is 42.9 Å². The van der Waals surface area contributed by atoms with Crippen molar-refractivity contribution < 1.29 is 68.4 Å². The smallest absolute Gasteiger partial charge is 0.303 e. The molecule has 17 heteroatoms. The SMILES string of the molecule is CC(=O)OC[C@H]1O[C@@H](N2C(=S)NC[C@@]2(O)[C@@H](O)[C@H](O)[C@H](O)CO)[C@H](OC(C)=O)[C@@H](OC(C)=O)[C@@H]1OC(C)=O. The second kappa shape index (κ2) is 12.9. The van der Waals surface area contributed by atoms with Gasteiger partial charge < -0.3 is 54.5 Å². The van der Waals surface area contributed by atoms with Crippen molar-refractivity contribution in [1.29, 1.82) is 0 Å². The van der Waals surface area contributed by atoms with E-state index in [0.717, 1.165) is 32.6 Å². The summed E-state index contributed by atoms with van der Waals surface area (Å²) in [5.41, 5.74) is -2.56. The summed E-state index contributed by atoms with van der Waals surface area (Å²) >= 11 is 5.26. The number of hydrogen-bond acceptors (Lipinski definition) is 15. The highest BCUT2D eigenvalue weighted by Crippen LogP contribution is 2.36. The molecule has 216 valence electrons. The lowest BCUT2D eigenvalue weighted by Gasteiger charge is -2.50. The van der Waals surface area contributed by atoms with Crippen LogP contribution >= 0.6 is 12.2 Å². The molecule has 38 heavy (non-hydrogen) atoms. The molecule has 0 aromatic carbocycles. The third-order valence-electron chi connectivity index (χ3n) is 5.73. The highest BCUT2D eigenvalue weighted by atomic mass is 32.1. The fourth-order valence-electron chi connectivity index (χ4n) is 4.14. The molecule has 0 amide bonds. The number of rotatable bonds is 10. The Morgan fingerprint density at radius 1 is 1.00 bits per heavy atom. The van der Waals surface area contributed by atoms with Crippen molar-refractivity contribution in [3.63, 3.8) is 0 Å². The van der Waals surface area contributed by atoms with E-state index in [-0.39, 0.29) is 5.11 Å². The van der Waals surface area contributed by atoms with Gasteiger partial charge in [-0.15, -0.1) is 0 Å². The zero-order chi connectivity index (χ0) is 28.9. The topological polar surface area (TPSA) is 231 Å². The van der Waals surface area contributed by atoms with Crippen molar-refractivity contribution in [2.24, 2.45) is 0 Å². The van der Waals surface area contributed by atoms with E-state index < -0.39 is 98.3 Å². The highest BCUT2D eigenvalue weighted by molar-refractivity contribution is 7.80. The summed E-state index contributed by atoms with van der Waals surface area (Å²) in [6.07, 6.45) is -14.0. The molecular formula is C21H32N2O14S. The molecule has 2 rings (SSSR count). The van der Waals surface area contributed by atoms with Gasteiger partial charge in [0.25, 0.3) is 0 Å². The number of thiocarbonyl (C=S) groups is 1. The molecule has 0 radical (unpaired) electrons. The Balaban J connectivity index is 2.65. The average molecular weight is 569 g/mol. The quantitative estimate of drug-likeness (QED) is 0.0838. The van der Waals surface area contributed by atoms with Gasteiger partial charge in [0.05, 0.1) is 13.2 Å². The molecular weight excluding hydrogens is 536 g/mol. The summed E-state index contributed by atoms with van der Waals surface area (Å²) < 4.78 is 26.9. The first-order valence-corrected chi connectivity index (χ1v) is 11.8. The van der Waals surface area contributed by atoms with Gasteiger partial charge in [-0.3, -0.25) is 24.1 Å². The summed E-state index contributed by atoms with van der Waals surface area (Å²) in [5, 5.41) is 53.9. The van der Waals surface area contributed by atoms with Crippen molar-refractivity contribution in [3.05, 3.63) is 0 Å². The first kappa shape index (κ1) is 31.5. The Morgan fingerprint density at radius 2 is 1.53 bits per heavy atom. The zero-order valence-electron chi connectivity index (χ0n) is 21.0. The van der Waals surface area contributed by atoms with Crippen LogP contribution in [0, 0.1) is 0 Å². The molecule has 0 spiro atoms. The molecule has 0 saturated carbocycles. The first-order chi connectivity index (χ1) is 17.6. The lowest BCUT2D eigenvalue weighted by molar-refractivity contribution is -0.300. The lowest BCUT2D eigenvalue weighted by atomic mass is 9.93. The van der Waals surface area contributed by atoms with E-state index in [1.165, 1.54) is 0 Å². The predicted octanol–water partition coefficient (Wildman–Crippen LogP) is -3.98. The number of carbonyl (C=O) groups is 4. The van der Waals surface area contributed by atoms with E-state index in [2.05, 4.69) is 5.32 Å². The molecule has 2 heterocycles. The van der Waals surface area contributed by atoms with Gasteiger partial charge in [0.1, 0.15) is 31.0 Å². The molecule has 16 nitrogen and oxygen atoms in total. The Labute approximate surface area is 222 Å². The molecule has 9 atom stereocenters. The van der Waals surface area contributed by atoms with E-state index in [4.69, 9.17) is 35.9 Å². The highest BCUT2D eigenvalue weighted by Gasteiger charge is 2.61. The molecule has 0 aromatic heterocycles. The van der Waals surface area contributed by atoms with Crippen LogP contribution < -0.4 is 5.32 Å². The molecule has 2 aliphatic heterocycles. The second-order valence-corrected chi connectivity index (χ2v) is 9.07. The van der Waals surface area contributed by atoms with Crippen molar-refractivity contribution in [1.82, 2.24) is 10.2 Å². The maximum Gasteiger partial charge on any atom is 0.303 e. The number of ether oxygens (including phenoxy) is 5. The van der Waals surface area contributed by atoms with Gasteiger partial charge in [-0.25, -0.2) is 0 Å². The van der Waals surface area contributed by atoms with Gasteiger partial charge in [-0.05, 0) is 12.2 Å². The predicted molar refractivity (Wildman–Crippen MR) is 124 cm³/mol. The maximum atomic E-state index is 12.1. The van der Waals surface area contributed by atoms with E-state index in [9.17, 15) is 44.7 Å². The van der Waals surface area contributed by atoms with Gasteiger partial charge in [0.2, 0.25) is 0 Å². The summed E-state index contributed by atoms with van der Waals surface area (Å²) in [5.74, 6) is -3.41. The summed E-state index contributed by atoms with van der Waals surface area (Å²) in [6.45, 7) is 2.10. The minimum atomic E-state index is -2.56. The number of carbonyl (C=O) groups excluding carboxylic acids is 4. The Hall–Kier alpha value is -2.67. The van der Waals surface area contributed by atoms with Crippen molar-refractivity contribution >= 4 is 41.2 Å². The standard InChI is InChI=1S/C21H32N2O14S/c1-8(25)33-6-13-15(34-9(2)26)16(35-10(3)27)17(36-11(4)28)19(37-13)23-20(38)22-7-21(23,32)18(31)14(30)12(29)5-24/h12-19,24,29-32H,5-7H2,1-4H3,(H,22,38)/t12-,13-,14-,15-,16+,17-,18+,19-,21-/m1/s1. The van der Waals surface area contributed by atoms with Gasteiger partial charge in [0, 0.05) is 27.7 Å². The van der Waals surface area contributed by atoms with Crippen LogP contribution in [-0.4, -0.2) is 134 Å². The summed E-state index contributed by atoms with van der Waals surface area (Å²) in [4.78, 5) is 48.3. The van der Waals surface area contributed by atoms with Crippen LogP contribution in [0.4, 0.5) is 0 Å². The molecule has 2 saturated heterocycles. The fraction of sp³-hybridized carbons (Fsp3) is 0.762. The number of β-amino-alcohol motifs (C(OH)–C–C–N with tert-alkyl or cyclic N) is 1. The molecule has 0 bridgehead atoms. The molecule has 0 aliphatic carbocycles. The summed E-state index contributed by atoms with van der Waals surface area (Å²) in [7, 11) is 0. The normalized spacial score (nSPS) is 31.4.